The molecular weight excluding hydrogens is 330 g/mol. The fourth-order valence-corrected chi connectivity index (χ4v) is 3.99. The highest BCUT2D eigenvalue weighted by molar-refractivity contribution is 7.99. The third-order valence-electron chi connectivity index (χ3n) is 4.34. The number of benzene rings is 1. The highest BCUT2D eigenvalue weighted by atomic mass is 32.2. The van der Waals surface area contributed by atoms with Gasteiger partial charge in [0.15, 0.2) is 0 Å². The maximum atomic E-state index is 12.5. The smallest absolute Gasteiger partial charge is 0.257 e. The normalized spacial score (nSPS) is 15.7. The molecule has 1 N–H and O–H groups in total. The van der Waals surface area contributed by atoms with Crippen LogP contribution in [0.4, 0.5) is 5.82 Å². The van der Waals surface area contributed by atoms with E-state index in [1.54, 1.807) is 23.9 Å². The third-order valence-corrected chi connectivity index (χ3v) is 5.62. The number of anilines is 1. The standard InChI is InChI=1S/C20H23N3OS/c1-3-15-7-4-5-8-17(15)20(24)22-18-9-6-10-19(21-18)25-16-11-13-23(2)14-12-16/h3-10,16H,1,11-14H2,2H3,(H,21,22,24). The van der Waals surface area contributed by atoms with Crippen molar-refractivity contribution in [1.82, 2.24) is 9.88 Å². The van der Waals surface area contributed by atoms with Gasteiger partial charge in [-0.1, -0.05) is 36.9 Å². The number of piperidine rings is 1. The van der Waals surface area contributed by atoms with Crippen molar-refractivity contribution in [1.29, 1.82) is 0 Å². The summed E-state index contributed by atoms with van der Waals surface area (Å²) in [6.45, 7) is 6.03. The first-order valence-corrected chi connectivity index (χ1v) is 9.39. The Morgan fingerprint density at radius 3 is 2.76 bits per heavy atom. The fourth-order valence-electron chi connectivity index (χ4n) is 2.89. The summed E-state index contributed by atoms with van der Waals surface area (Å²) in [6, 6.07) is 13.2. The maximum absolute atomic E-state index is 12.5. The van der Waals surface area contributed by atoms with Gasteiger partial charge in [0, 0.05) is 10.8 Å². The lowest BCUT2D eigenvalue weighted by molar-refractivity contribution is 0.102. The highest BCUT2D eigenvalue weighted by Crippen LogP contribution is 2.29. The molecule has 0 bridgehead atoms. The van der Waals surface area contributed by atoms with Crippen LogP contribution in [0.25, 0.3) is 6.08 Å². The van der Waals surface area contributed by atoms with Gasteiger partial charge in [-0.2, -0.15) is 0 Å². The molecule has 1 aliphatic heterocycles. The van der Waals surface area contributed by atoms with E-state index in [2.05, 4.69) is 28.8 Å². The van der Waals surface area contributed by atoms with Crippen LogP contribution in [0.1, 0.15) is 28.8 Å². The van der Waals surface area contributed by atoms with Crippen LogP contribution in [0.3, 0.4) is 0 Å². The van der Waals surface area contributed by atoms with E-state index in [1.165, 1.54) is 12.8 Å². The molecule has 1 aromatic heterocycles. The number of nitrogens with one attached hydrogen (secondary N) is 1. The number of rotatable bonds is 5. The molecule has 0 spiro atoms. The Hall–Kier alpha value is -2.11. The molecule has 4 nitrogen and oxygen atoms in total. The van der Waals surface area contributed by atoms with Gasteiger partial charge in [-0.3, -0.25) is 4.79 Å². The molecule has 130 valence electrons. The van der Waals surface area contributed by atoms with Crippen LogP contribution < -0.4 is 5.32 Å². The number of likely N-dealkylation sites (tertiary alicyclic amines) is 1. The Kier molecular flexibility index (Phi) is 5.89. The van der Waals surface area contributed by atoms with Gasteiger partial charge in [0.2, 0.25) is 0 Å². The molecule has 3 rings (SSSR count). The summed E-state index contributed by atoms with van der Waals surface area (Å²) >= 11 is 1.81. The van der Waals surface area contributed by atoms with Crippen molar-refractivity contribution in [2.45, 2.75) is 23.1 Å². The third kappa shape index (κ3) is 4.71. The molecule has 0 atom stereocenters. The van der Waals surface area contributed by atoms with Gasteiger partial charge in [0.1, 0.15) is 5.82 Å². The van der Waals surface area contributed by atoms with Crippen LogP contribution in [-0.2, 0) is 0 Å². The topological polar surface area (TPSA) is 45.2 Å². The molecule has 0 aliphatic carbocycles. The number of thioether (sulfide) groups is 1. The zero-order valence-corrected chi connectivity index (χ0v) is 15.3. The number of hydrogen-bond donors (Lipinski definition) is 1. The molecule has 1 fully saturated rings. The Bertz CT molecular complexity index is 754. The van der Waals surface area contributed by atoms with Crippen molar-refractivity contribution >= 4 is 29.6 Å². The first kappa shape index (κ1) is 17.7. The van der Waals surface area contributed by atoms with Crippen LogP contribution in [0, 0.1) is 0 Å². The second-order valence-electron chi connectivity index (χ2n) is 6.23. The van der Waals surface area contributed by atoms with Crippen LogP contribution in [0.15, 0.2) is 54.1 Å². The molecule has 0 saturated carbocycles. The van der Waals surface area contributed by atoms with Crippen molar-refractivity contribution in [3.63, 3.8) is 0 Å². The van der Waals surface area contributed by atoms with E-state index in [4.69, 9.17) is 0 Å². The molecule has 0 radical (unpaired) electrons. The second kappa shape index (κ2) is 8.32. The van der Waals surface area contributed by atoms with Crippen molar-refractivity contribution < 1.29 is 4.79 Å². The summed E-state index contributed by atoms with van der Waals surface area (Å²) in [5, 5.41) is 4.45. The summed E-state index contributed by atoms with van der Waals surface area (Å²) in [7, 11) is 2.16. The molecular formula is C20H23N3OS. The van der Waals surface area contributed by atoms with Gasteiger partial charge in [-0.25, -0.2) is 4.98 Å². The van der Waals surface area contributed by atoms with Gasteiger partial charge in [0.05, 0.1) is 5.03 Å². The Morgan fingerprint density at radius 2 is 2.00 bits per heavy atom. The molecule has 1 aromatic carbocycles. The van der Waals surface area contributed by atoms with Gasteiger partial charge < -0.3 is 10.2 Å². The molecule has 1 aliphatic rings. The summed E-state index contributed by atoms with van der Waals surface area (Å²) in [5.74, 6) is 0.422. The van der Waals surface area contributed by atoms with E-state index >= 15 is 0 Å². The monoisotopic (exact) mass is 353 g/mol. The summed E-state index contributed by atoms with van der Waals surface area (Å²) in [4.78, 5) is 19.5. The lowest BCUT2D eigenvalue weighted by atomic mass is 10.1. The molecule has 2 aromatic rings. The quantitative estimate of drug-likeness (QED) is 0.876. The number of pyridine rings is 1. The second-order valence-corrected chi connectivity index (χ2v) is 7.55. The number of carbonyl (C=O) groups is 1. The minimum Gasteiger partial charge on any atom is -0.307 e. The zero-order valence-electron chi connectivity index (χ0n) is 14.4. The van der Waals surface area contributed by atoms with Crippen molar-refractivity contribution in [2.75, 3.05) is 25.5 Å². The van der Waals surface area contributed by atoms with Crippen molar-refractivity contribution in [3.05, 3.63) is 60.2 Å². The largest absolute Gasteiger partial charge is 0.307 e. The minimum absolute atomic E-state index is 0.163. The number of amides is 1. The van der Waals surface area contributed by atoms with Crippen molar-refractivity contribution in [2.24, 2.45) is 0 Å². The lowest BCUT2D eigenvalue weighted by Crippen LogP contribution is -2.31. The lowest BCUT2D eigenvalue weighted by Gasteiger charge is -2.28. The molecule has 1 saturated heterocycles. The highest BCUT2D eigenvalue weighted by Gasteiger charge is 2.18. The first-order chi connectivity index (χ1) is 12.2. The van der Waals surface area contributed by atoms with Gasteiger partial charge in [-0.05, 0) is 56.7 Å². The maximum Gasteiger partial charge on any atom is 0.257 e. The number of carbonyl (C=O) groups excluding carboxylic acids is 1. The Balaban J connectivity index is 1.67. The van der Waals surface area contributed by atoms with Crippen LogP contribution in [0.5, 0.6) is 0 Å². The summed E-state index contributed by atoms with van der Waals surface area (Å²) in [6.07, 6.45) is 4.03. The average Bonchev–Trinajstić information content (AvgIpc) is 2.64. The fraction of sp³-hybridized carbons (Fsp3) is 0.300. The zero-order chi connectivity index (χ0) is 17.6. The van der Waals surface area contributed by atoms with E-state index in [9.17, 15) is 4.79 Å². The van der Waals surface area contributed by atoms with Crippen molar-refractivity contribution in [3.8, 4) is 0 Å². The predicted octanol–water partition coefficient (Wildman–Crippen LogP) is 4.16. The van der Waals surface area contributed by atoms with E-state index in [0.717, 1.165) is 23.7 Å². The van der Waals surface area contributed by atoms with Gasteiger partial charge >= 0.3 is 0 Å². The molecule has 0 unspecified atom stereocenters. The Labute approximate surface area is 153 Å². The van der Waals surface area contributed by atoms with Crippen LogP contribution in [0.2, 0.25) is 0 Å². The van der Waals surface area contributed by atoms with E-state index < -0.39 is 0 Å². The molecule has 5 heteroatoms. The van der Waals surface area contributed by atoms with E-state index in [-0.39, 0.29) is 5.91 Å². The molecule has 25 heavy (non-hydrogen) atoms. The number of nitrogens with zero attached hydrogens (tertiary/aromatic N) is 2. The van der Waals surface area contributed by atoms with E-state index in [0.29, 0.717) is 16.6 Å². The average molecular weight is 353 g/mol. The summed E-state index contributed by atoms with van der Waals surface area (Å²) in [5.41, 5.74) is 1.42. The first-order valence-electron chi connectivity index (χ1n) is 8.51. The molecule has 1 amide bonds. The SMILES string of the molecule is C=Cc1ccccc1C(=O)Nc1cccc(SC2CCN(C)CC2)n1. The van der Waals surface area contributed by atoms with Crippen LogP contribution in [-0.4, -0.2) is 41.2 Å². The number of hydrogen-bond acceptors (Lipinski definition) is 4. The number of aromatic nitrogens is 1. The Morgan fingerprint density at radius 1 is 1.24 bits per heavy atom. The van der Waals surface area contributed by atoms with E-state index in [1.807, 2.05) is 36.4 Å². The summed E-state index contributed by atoms with van der Waals surface area (Å²) < 4.78 is 0. The predicted molar refractivity (Wildman–Crippen MR) is 105 cm³/mol. The van der Waals surface area contributed by atoms with Gasteiger partial charge in [0.25, 0.3) is 5.91 Å². The van der Waals surface area contributed by atoms with Crippen LogP contribution >= 0.6 is 11.8 Å². The van der Waals surface area contributed by atoms with Gasteiger partial charge in [-0.15, -0.1) is 11.8 Å². The molecule has 2 heterocycles. The minimum atomic E-state index is -0.163.